The van der Waals surface area contributed by atoms with Crippen molar-refractivity contribution in [2.45, 2.75) is 38.9 Å². The Morgan fingerprint density at radius 3 is 2.19 bits per heavy atom. The molecule has 0 spiro atoms. The van der Waals surface area contributed by atoms with Crippen LogP contribution < -0.4 is 5.46 Å². The van der Waals surface area contributed by atoms with Crippen LogP contribution in [0.3, 0.4) is 0 Å². The Hall–Kier alpha value is -3.17. The van der Waals surface area contributed by atoms with Gasteiger partial charge in [-0.2, -0.15) is 0 Å². The van der Waals surface area contributed by atoms with Crippen molar-refractivity contribution in [1.82, 2.24) is 14.5 Å². The first-order valence-electron chi connectivity index (χ1n) is 10.3. The lowest BCUT2D eigenvalue weighted by molar-refractivity contribution is 0.00578. The highest BCUT2D eigenvalue weighted by Crippen LogP contribution is 2.37. The largest absolute Gasteiger partial charge is 0.496 e. The number of nitrogens with zero attached hydrogens (tertiary/aromatic N) is 3. The Morgan fingerprint density at radius 1 is 1.06 bits per heavy atom. The summed E-state index contributed by atoms with van der Waals surface area (Å²) in [6.45, 7) is 7.90. The summed E-state index contributed by atoms with van der Waals surface area (Å²) < 4.78 is 13.4. The minimum Gasteiger partial charge on any atom is -0.464 e. The molecule has 3 aromatic rings. The quantitative estimate of drug-likeness (QED) is 0.635. The second-order valence-electron chi connectivity index (χ2n) is 9.20. The molecule has 1 N–H and O–H groups in total. The van der Waals surface area contributed by atoms with Gasteiger partial charge in [0.25, 0.3) is 5.91 Å². The van der Waals surface area contributed by atoms with Crippen LogP contribution in [0, 0.1) is 0 Å². The molecule has 0 radical (unpaired) electrons. The van der Waals surface area contributed by atoms with Gasteiger partial charge in [-0.3, -0.25) is 4.79 Å². The smallest absolute Gasteiger partial charge is 0.464 e. The van der Waals surface area contributed by atoms with E-state index in [0.717, 1.165) is 10.1 Å². The second-order valence-corrected chi connectivity index (χ2v) is 9.20. The van der Waals surface area contributed by atoms with E-state index < -0.39 is 24.4 Å². The van der Waals surface area contributed by atoms with E-state index in [2.05, 4.69) is 4.98 Å². The van der Waals surface area contributed by atoms with Crippen molar-refractivity contribution in [1.29, 1.82) is 0 Å². The Labute approximate surface area is 186 Å². The van der Waals surface area contributed by atoms with Crippen LogP contribution in [0.5, 0.6) is 0 Å². The maximum atomic E-state index is 12.2. The van der Waals surface area contributed by atoms with Gasteiger partial charge in [0, 0.05) is 48.5 Å². The van der Waals surface area contributed by atoms with E-state index in [1.165, 1.54) is 11.1 Å². The zero-order chi connectivity index (χ0) is 23.4. The Kier molecular flexibility index (Phi) is 5.14. The van der Waals surface area contributed by atoms with Crippen LogP contribution in [0.25, 0.3) is 22.2 Å². The van der Waals surface area contributed by atoms with Crippen molar-refractivity contribution in [2.75, 3.05) is 14.1 Å². The first kappa shape index (κ1) is 22.0. The molecular formula is C23H26BN3O5. The first-order chi connectivity index (χ1) is 14.9. The fraction of sp³-hybridized carbons (Fsp3) is 0.348. The maximum absolute atomic E-state index is 12.2. The molecule has 1 aliphatic rings. The van der Waals surface area contributed by atoms with Crippen molar-refractivity contribution in [3.05, 3.63) is 48.3 Å². The fourth-order valence-electron chi connectivity index (χ4n) is 3.66. The van der Waals surface area contributed by atoms with Crippen LogP contribution in [0.2, 0.25) is 0 Å². The summed E-state index contributed by atoms with van der Waals surface area (Å²) in [6, 6.07) is 8.93. The molecule has 0 saturated carbocycles. The van der Waals surface area contributed by atoms with Gasteiger partial charge in [0.1, 0.15) is 5.65 Å². The lowest BCUT2D eigenvalue weighted by Crippen LogP contribution is -2.41. The average molecular weight is 435 g/mol. The summed E-state index contributed by atoms with van der Waals surface area (Å²) in [7, 11) is 2.78. The number of hydrogen-bond acceptors (Lipinski definition) is 5. The molecular weight excluding hydrogens is 409 g/mol. The lowest BCUT2D eigenvalue weighted by atomic mass is 9.79. The van der Waals surface area contributed by atoms with Gasteiger partial charge in [-0.25, -0.2) is 14.3 Å². The maximum Gasteiger partial charge on any atom is 0.496 e. The summed E-state index contributed by atoms with van der Waals surface area (Å²) in [6.07, 6.45) is 2.00. The number of aromatic nitrogens is 2. The molecule has 3 heterocycles. The van der Waals surface area contributed by atoms with Crippen LogP contribution >= 0.6 is 0 Å². The number of fused-ring (bicyclic) bond motifs is 1. The third-order valence-electron chi connectivity index (χ3n) is 6.24. The first-order valence-corrected chi connectivity index (χ1v) is 10.3. The highest BCUT2D eigenvalue weighted by atomic mass is 16.7. The van der Waals surface area contributed by atoms with Crippen LogP contribution in [0.15, 0.2) is 42.7 Å². The second kappa shape index (κ2) is 7.46. The molecule has 32 heavy (non-hydrogen) atoms. The molecule has 1 fully saturated rings. The minimum absolute atomic E-state index is 0.103. The van der Waals surface area contributed by atoms with Gasteiger partial charge >= 0.3 is 13.2 Å². The summed E-state index contributed by atoms with van der Waals surface area (Å²) in [5.74, 6) is -0.103. The van der Waals surface area contributed by atoms with Crippen molar-refractivity contribution in [3.8, 4) is 11.1 Å². The Balaban J connectivity index is 1.80. The number of carboxylic acid groups (broad SMARTS) is 1. The molecule has 0 bridgehead atoms. The van der Waals surface area contributed by atoms with Crippen LogP contribution in [0.1, 0.15) is 38.1 Å². The summed E-state index contributed by atoms with van der Waals surface area (Å²) in [5, 5.41) is 10.3. The molecule has 9 heteroatoms. The predicted molar refractivity (Wildman–Crippen MR) is 122 cm³/mol. The van der Waals surface area contributed by atoms with Crippen molar-refractivity contribution >= 4 is 35.6 Å². The van der Waals surface area contributed by atoms with E-state index in [9.17, 15) is 14.7 Å². The highest BCUT2D eigenvalue weighted by Gasteiger charge is 2.51. The molecule has 1 saturated heterocycles. The van der Waals surface area contributed by atoms with Gasteiger partial charge in [-0.05, 0) is 51.5 Å². The standard InChI is InChI=1S/C23H26BN3O5/c1-22(2)23(3,4)32-24(31-22)16-11-17-18(13-27(21(29)30)19(17)25-12-16)14-7-9-15(10-8-14)20(28)26(5)6/h7-13H,1-6H3,(H,29,30). The molecule has 1 aromatic carbocycles. The normalized spacial score (nSPS) is 17.0. The van der Waals surface area contributed by atoms with Gasteiger partial charge in [0.15, 0.2) is 0 Å². The van der Waals surface area contributed by atoms with Gasteiger partial charge < -0.3 is 19.3 Å². The highest BCUT2D eigenvalue weighted by molar-refractivity contribution is 6.62. The number of amides is 1. The number of carbonyl (C=O) groups excluding carboxylic acids is 1. The number of carbonyl (C=O) groups is 2. The SMILES string of the molecule is CN(C)C(=O)c1ccc(-c2cn(C(=O)O)c3ncc(B4OC(C)(C)C(C)(C)O4)cc23)cc1. The number of hydrogen-bond donors (Lipinski definition) is 1. The van der Waals surface area contributed by atoms with E-state index in [-0.39, 0.29) is 5.91 Å². The molecule has 1 amide bonds. The number of rotatable bonds is 3. The Bertz CT molecular complexity index is 1200. The van der Waals surface area contributed by atoms with E-state index in [1.807, 2.05) is 33.8 Å². The van der Waals surface area contributed by atoms with E-state index >= 15 is 0 Å². The molecule has 166 valence electrons. The zero-order valence-electron chi connectivity index (χ0n) is 19.0. The summed E-state index contributed by atoms with van der Waals surface area (Å²) in [4.78, 5) is 29.9. The monoisotopic (exact) mass is 435 g/mol. The zero-order valence-corrected chi connectivity index (χ0v) is 19.0. The van der Waals surface area contributed by atoms with Gasteiger partial charge in [0.2, 0.25) is 0 Å². The molecule has 0 atom stereocenters. The van der Waals surface area contributed by atoms with E-state index in [4.69, 9.17) is 9.31 Å². The van der Waals surface area contributed by atoms with E-state index in [0.29, 0.717) is 27.6 Å². The third-order valence-corrected chi connectivity index (χ3v) is 6.24. The van der Waals surface area contributed by atoms with Crippen molar-refractivity contribution in [2.24, 2.45) is 0 Å². The molecule has 8 nitrogen and oxygen atoms in total. The van der Waals surface area contributed by atoms with Gasteiger partial charge in [-0.15, -0.1) is 0 Å². The molecule has 2 aromatic heterocycles. The number of benzene rings is 1. The van der Waals surface area contributed by atoms with Gasteiger partial charge in [0.05, 0.1) is 11.2 Å². The Morgan fingerprint density at radius 2 is 1.66 bits per heavy atom. The summed E-state index contributed by atoms with van der Waals surface area (Å²) >= 11 is 0. The average Bonchev–Trinajstić information content (AvgIpc) is 3.21. The lowest BCUT2D eigenvalue weighted by Gasteiger charge is -2.32. The summed E-state index contributed by atoms with van der Waals surface area (Å²) in [5.41, 5.74) is 2.04. The molecule has 0 aliphatic carbocycles. The fourth-order valence-corrected chi connectivity index (χ4v) is 3.66. The van der Waals surface area contributed by atoms with Crippen LogP contribution in [-0.4, -0.2) is 64.0 Å². The van der Waals surface area contributed by atoms with Crippen LogP contribution in [-0.2, 0) is 9.31 Å². The van der Waals surface area contributed by atoms with Crippen molar-refractivity contribution in [3.63, 3.8) is 0 Å². The minimum atomic E-state index is -1.13. The van der Waals surface area contributed by atoms with Crippen LogP contribution in [0.4, 0.5) is 4.79 Å². The van der Waals surface area contributed by atoms with E-state index in [1.54, 1.807) is 44.6 Å². The third kappa shape index (κ3) is 3.57. The predicted octanol–water partition coefficient (Wildman–Crippen LogP) is 3.23. The van der Waals surface area contributed by atoms with Crippen molar-refractivity contribution < 1.29 is 24.0 Å². The molecule has 4 rings (SSSR count). The van der Waals surface area contributed by atoms with Gasteiger partial charge in [-0.1, -0.05) is 12.1 Å². The molecule has 0 unspecified atom stereocenters. The topological polar surface area (TPSA) is 93.9 Å². The number of pyridine rings is 1. The molecule has 1 aliphatic heterocycles.